The molecule has 3 aliphatic rings. The molecule has 0 saturated carbocycles. The molecule has 2 atom stereocenters. The summed E-state index contributed by atoms with van der Waals surface area (Å²) in [5.41, 5.74) is -0.582. The largest absolute Gasteiger partial charge is 0.444 e. The first-order valence-corrected chi connectivity index (χ1v) is 10.7. The highest BCUT2D eigenvalue weighted by Crippen LogP contribution is 2.29. The first-order chi connectivity index (χ1) is 12.2. The first-order valence-electron chi connectivity index (χ1n) is 9.53. The van der Waals surface area contributed by atoms with Gasteiger partial charge in [0.15, 0.2) is 0 Å². The Hall–Kier alpha value is -0.990. The van der Waals surface area contributed by atoms with E-state index < -0.39 is 17.7 Å². The van der Waals surface area contributed by atoms with E-state index in [0.717, 1.165) is 38.2 Å². The molecule has 3 rings (SSSR count). The zero-order valence-corrected chi connectivity index (χ0v) is 16.8. The molecule has 148 valence electrons. The molecule has 0 radical (unpaired) electrons. The van der Waals surface area contributed by atoms with Gasteiger partial charge in [-0.25, -0.2) is 4.79 Å². The maximum Gasteiger partial charge on any atom is 0.411 e. The molecule has 2 amide bonds. The van der Waals surface area contributed by atoms with Crippen molar-refractivity contribution in [1.29, 1.82) is 0 Å². The number of thioether (sulfide) groups is 1. The third-order valence-corrected chi connectivity index (χ3v) is 6.24. The Morgan fingerprint density at radius 2 is 1.85 bits per heavy atom. The van der Waals surface area contributed by atoms with E-state index in [2.05, 4.69) is 4.90 Å². The number of aliphatic hydroxyl groups is 1. The Labute approximate surface area is 160 Å². The quantitative estimate of drug-likeness (QED) is 0.774. The summed E-state index contributed by atoms with van der Waals surface area (Å²) < 4.78 is 5.57. The highest BCUT2D eigenvalue weighted by atomic mass is 32.2. The van der Waals surface area contributed by atoms with Crippen LogP contribution in [0.25, 0.3) is 0 Å². The molecular weight excluding hydrogens is 354 g/mol. The number of likely N-dealkylation sites (tertiary alicyclic amines) is 2. The van der Waals surface area contributed by atoms with Crippen molar-refractivity contribution in [3.8, 4) is 0 Å². The Balaban J connectivity index is 1.72. The van der Waals surface area contributed by atoms with Crippen molar-refractivity contribution in [2.24, 2.45) is 0 Å². The van der Waals surface area contributed by atoms with Crippen LogP contribution in [0.2, 0.25) is 0 Å². The molecule has 0 aliphatic carbocycles. The molecule has 7 nitrogen and oxygen atoms in total. The van der Waals surface area contributed by atoms with Crippen molar-refractivity contribution < 1.29 is 19.4 Å². The number of nitrogens with zero attached hydrogens (tertiary/aromatic N) is 3. The van der Waals surface area contributed by atoms with Crippen molar-refractivity contribution in [3.05, 3.63) is 0 Å². The van der Waals surface area contributed by atoms with Crippen LogP contribution in [0.15, 0.2) is 0 Å². The van der Waals surface area contributed by atoms with Gasteiger partial charge in [0.05, 0.1) is 12.0 Å². The first kappa shape index (κ1) is 19.8. The predicted octanol–water partition coefficient (Wildman–Crippen LogP) is 1.35. The van der Waals surface area contributed by atoms with Gasteiger partial charge in [0.25, 0.3) is 0 Å². The molecule has 0 aromatic heterocycles. The molecule has 3 saturated heterocycles. The maximum absolute atomic E-state index is 13.0. The molecule has 26 heavy (non-hydrogen) atoms. The van der Waals surface area contributed by atoms with Crippen LogP contribution >= 0.6 is 11.8 Å². The standard InChI is InChI=1S/C18H31N3O4S/c1-18(2,3)25-17(24)21-11-13(19-6-4-14(22)5-7-19)10-15(21)16(23)20-8-9-26-12-20/h13-15,22H,4-12H2,1-3H3/t13-,15-/m0/s1. The molecule has 1 N–H and O–H groups in total. The third kappa shape index (κ3) is 4.64. The van der Waals surface area contributed by atoms with Gasteiger partial charge in [0.1, 0.15) is 11.6 Å². The minimum Gasteiger partial charge on any atom is -0.444 e. The van der Waals surface area contributed by atoms with E-state index in [1.807, 2.05) is 25.7 Å². The van der Waals surface area contributed by atoms with Gasteiger partial charge in [0, 0.05) is 38.0 Å². The molecule has 3 heterocycles. The Morgan fingerprint density at radius 3 is 2.42 bits per heavy atom. The van der Waals surface area contributed by atoms with Crippen LogP contribution < -0.4 is 0 Å². The number of aliphatic hydroxyl groups excluding tert-OH is 1. The van der Waals surface area contributed by atoms with E-state index in [0.29, 0.717) is 18.8 Å². The molecule has 0 bridgehead atoms. The molecule has 0 unspecified atom stereocenters. The van der Waals surface area contributed by atoms with Gasteiger partial charge < -0.3 is 14.7 Å². The van der Waals surface area contributed by atoms with Crippen molar-refractivity contribution in [2.45, 2.75) is 63.8 Å². The Bertz CT molecular complexity index is 525. The summed E-state index contributed by atoms with van der Waals surface area (Å²) in [5.74, 6) is 1.71. The SMILES string of the molecule is CC(C)(C)OC(=O)N1C[C@@H](N2CCC(O)CC2)C[C@H]1C(=O)N1CCSC1. The number of ether oxygens (including phenoxy) is 1. The van der Waals surface area contributed by atoms with Crippen molar-refractivity contribution in [1.82, 2.24) is 14.7 Å². The average molecular weight is 386 g/mol. The van der Waals surface area contributed by atoms with E-state index in [1.165, 1.54) is 0 Å². The van der Waals surface area contributed by atoms with Crippen LogP contribution in [-0.2, 0) is 9.53 Å². The van der Waals surface area contributed by atoms with Gasteiger partial charge in [-0.2, -0.15) is 0 Å². The van der Waals surface area contributed by atoms with E-state index in [1.54, 1.807) is 16.7 Å². The zero-order chi connectivity index (χ0) is 18.9. The van der Waals surface area contributed by atoms with Crippen molar-refractivity contribution >= 4 is 23.8 Å². The topological polar surface area (TPSA) is 73.3 Å². The zero-order valence-electron chi connectivity index (χ0n) is 16.0. The number of carbonyl (C=O) groups is 2. The van der Waals surface area contributed by atoms with Crippen molar-refractivity contribution in [2.75, 3.05) is 37.8 Å². The lowest BCUT2D eigenvalue weighted by molar-refractivity contribution is -0.134. The van der Waals surface area contributed by atoms with Crippen LogP contribution in [-0.4, -0.2) is 93.4 Å². The second-order valence-corrected chi connectivity index (χ2v) is 9.52. The summed E-state index contributed by atoms with van der Waals surface area (Å²) >= 11 is 1.75. The lowest BCUT2D eigenvalue weighted by Crippen LogP contribution is -2.48. The van der Waals surface area contributed by atoms with Crippen molar-refractivity contribution in [3.63, 3.8) is 0 Å². The monoisotopic (exact) mass is 385 g/mol. The fourth-order valence-electron chi connectivity index (χ4n) is 3.88. The number of piperidine rings is 1. The molecule has 0 aromatic carbocycles. The highest BCUT2D eigenvalue weighted by molar-refractivity contribution is 7.99. The number of hydrogen-bond donors (Lipinski definition) is 1. The second-order valence-electron chi connectivity index (χ2n) is 8.44. The number of carbonyl (C=O) groups excluding carboxylic acids is 2. The van der Waals surface area contributed by atoms with E-state index in [-0.39, 0.29) is 18.1 Å². The van der Waals surface area contributed by atoms with Crippen LogP contribution in [0.4, 0.5) is 4.79 Å². The smallest absolute Gasteiger partial charge is 0.411 e. The summed E-state index contributed by atoms with van der Waals surface area (Å²) in [6.07, 6.45) is 1.53. The van der Waals surface area contributed by atoms with Crippen LogP contribution in [0, 0.1) is 0 Å². The normalized spacial score (nSPS) is 28.6. The fourth-order valence-corrected chi connectivity index (χ4v) is 4.84. The van der Waals surface area contributed by atoms with Gasteiger partial charge >= 0.3 is 6.09 Å². The van der Waals surface area contributed by atoms with E-state index in [4.69, 9.17) is 4.74 Å². The van der Waals surface area contributed by atoms with Crippen LogP contribution in [0.3, 0.4) is 0 Å². The highest BCUT2D eigenvalue weighted by Gasteiger charge is 2.45. The summed E-state index contributed by atoms with van der Waals surface area (Å²) in [7, 11) is 0. The Morgan fingerprint density at radius 1 is 1.15 bits per heavy atom. The van der Waals surface area contributed by atoms with Gasteiger partial charge in [-0.05, 0) is 40.0 Å². The summed E-state index contributed by atoms with van der Waals surface area (Å²) in [5, 5.41) is 9.75. The molecule has 0 aromatic rings. The maximum atomic E-state index is 13.0. The predicted molar refractivity (Wildman–Crippen MR) is 101 cm³/mol. The average Bonchev–Trinajstić information content (AvgIpc) is 3.23. The molecular formula is C18H31N3O4S. The summed E-state index contributed by atoms with van der Waals surface area (Å²) in [6, 6.07) is -0.292. The van der Waals surface area contributed by atoms with Gasteiger partial charge in [-0.3, -0.25) is 14.6 Å². The molecule has 3 aliphatic heterocycles. The third-order valence-electron chi connectivity index (χ3n) is 5.27. The lowest BCUT2D eigenvalue weighted by atomic mass is 10.0. The minimum absolute atomic E-state index is 0.0420. The van der Waals surface area contributed by atoms with Crippen LogP contribution in [0.1, 0.15) is 40.0 Å². The lowest BCUT2D eigenvalue weighted by Gasteiger charge is -2.34. The number of rotatable bonds is 2. The van der Waals surface area contributed by atoms with Gasteiger partial charge in [-0.15, -0.1) is 11.8 Å². The number of amides is 2. The Kier molecular flexibility index (Phi) is 6.04. The van der Waals surface area contributed by atoms with Crippen LogP contribution in [0.5, 0.6) is 0 Å². The molecule has 3 fully saturated rings. The molecule has 0 spiro atoms. The minimum atomic E-state index is -0.582. The fraction of sp³-hybridized carbons (Fsp3) is 0.889. The number of hydrogen-bond acceptors (Lipinski definition) is 6. The second kappa shape index (κ2) is 7.94. The van der Waals surface area contributed by atoms with Gasteiger partial charge in [0.2, 0.25) is 5.91 Å². The van der Waals surface area contributed by atoms with E-state index in [9.17, 15) is 14.7 Å². The molecule has 8 heteroatoms. The van der Waals surface area contributed by atoms with Gasteiger partial charge in [-0.1, -0.05) is 0 Å². The summed E-state index contributed by atoms with van der Waals surface area (Å²) in [4.78, 5) is 31.6. The van der Waals surface area contributed by atoms with E-state index >= 15 is 0 Å². The summed E-state index contributed by atoms with van der Waals surface area (Å²) in [6.45, 7) is 8.43.